The van der Waals surface area contributed by atoms with Crippen LogP contribution in [-0.2, 0) is 0 Å². The highest BCUT2D eigenvalue weighted by Gasteiger charge is 2.26. The van der Waals surface area contributed by atoms with E-state index in [2.05, 4.69) is 10.5 Å². The van der Waals surface area contributed by atoms with Crippen LogP contribution in [0.25, 0.3) is 0 Å². The first-order valence-corrected chi connectivity index (χ1v) is 5.71. The largest absolute Gasteiger partial charge is 0.384 e. The summed E-state index contributed by atoms with van der Waals surface area (Å²) in [5, 5.41) is 16.4. The molecule has 1 aromatic rings. The summed E-state index contributed by atoms with van der Waals surface area (Å²) in [7, 11) is 0. The lowest BCUT2D eigenvalue weighted by molar-refractivity contribution is 0.0656. The molecule has 0 aliphatic heterocycles. The number of carbonyl (C=O) groups is 1. The van der Waals surface area contributed by atoms with Crippen molar-refractivity contribution in [2.75, 3.05) is 6.54 Å². The van der Waals surface area contributed by atoms with Crippen LogP contribution in [0.2, 0.25) is 0 Å². The predicted octanol–water partition coefficient (Wildman–Crippen LogP) is 1.18. The minimum absolute atomic E-state index is 0.203. The number of aromatic nitrogens is 1. The van der Waals surface area contributed by atoms with Gasteiger partial charge in [0.2, 0.25) is 0 Å². The smallest absolute Gasteiger partial charge is 0.273 e. The van der Waals surface area contributed by atoms with E-state index in [1.54, 1.807) is 19.1 Å². The number of nitrogens with zero attached hydrogens (tertiary/aromatic N) is 1. The van der Waals surface area contributed by atoms with Gasteiger partial charge in [0.05, 0.1) is 12.1 Å². The predicted molar refractivity (Wildman–Crippen MR) is 61.5 cm³/mol. The fourth-order valence-corrected chi connectivity index (χ4v) is 1.86. The van der Waals surface area contributed by atoms with Crippen LogP contribution in [-0.4, -0.2) is 28.3 Å². The molecule has 1 aliphatic rings. The van der Waals surface area contributed by atoms with E-state index in [4.69, 9.17) is 4.52 Å². The molecular weight excluding hydrogens is 220 g/mol. The van der Waals surface area contributed by atoms with Gasteiger partial charge in [0.15, 0.2) is 5.69 Å². The van der Waals surface area contributed by atoms with Crippen LogP contribution in [0.3, 0.4) is 0 Å². The molecule has 2 rings (SSSR count). The summed E-state index contributed by atoms with van der Waals surface area (Å²) < 4.78 is 4.82. The maximum absolute atomic E-state index is 11.7. The molecule has 2 N–H and O–H groups in total. The lowest BCUT2D eigenvalue weighted by atomic mass is 9.91. The van der Waals surface area contributed by atoms with E-state index in [0.717, 1.165) is 12.8 Å². The minimum atomic E-state index is -0.924. The van der Waals surface area contributed by atoms with Crippen LogP contribution >= 0.6 is 0 Å². The van der Waals surface area contributed by atoms with E-state index < -0.39 is 5.60 Å². The second-order valence-electron chi connectivity index (χ2n) is 4.40. The molecule has 0 aromatic carbocycles. The van der Waals surface area contributed by atoms with Gasteiger partial charge < -0.3 is 14.9 Å². The maximum atomic E-state index is 11.7. The molecule has 1 unspecified atom stereocenters. The van der Waals surface area contributed by atoms with Crippen molar-refractivity contribution in [2.24, 2.45) is 0 Å². The number of rotatable bonds is 3. The first kappa shape index (κ1) is 11.9. The zero-order valence-electron chi connectivity index (χ0n) is 9.77. The topological polar surface area (TPSA) is 75.4 Å². The lowest BCUT2D eigenvalue weighted by Gasteiger charge is -2.27. The summed E-state index contributed by atoms with van der Waals surface area (Å²) in [6.07, 6.45) is 6.28. The third-order valence-electron chi connectivity index (χ3n) is 2.82. The molecule has 1 atom stereocenters. The highest BCUT2D eigenvalue weighted by Crippen LogP contribution is 2.21. The zero-order valence-corrected chi connectivity index (χ0v) is 9.77. The summed E-state index contributed by atoms with van der Waals surface area (Å²) in [5.74, 6) is 0.265. The van der Waals surface area contributed by atoms with E-state index in [0.29, 0.717) is 12.2 Å². The summed E-state index contributed by atoms with van der Waals surface area (Å²) >= 11 is 0. The number of aryl methyl sites for hydroxylation is 1. The number of carbonyl (C=O) groups excluding carboxylic acids is 1. The van der Waals surface area contributed by atoms with Crippen LogP contribution in [0.1, 0.15) is 35.5 Å². The molecule has 1 amide bonds. The van der Waals surface area contributed by atoms with Crippen molar-refractivity contribution in [3.8, 4) is 0 Å². The molecule has 1 heterocycles. The monoisotopic (exact) mass is 236 g/mol. The van der Waals surface area contributed by atoms with Crippen LogP contribution < -0.4 is 5.32 Å². The standard InChI is InChI=1S/C12H16N2O3/c1-9-7-10(14-17-9)11(15)13-8-12(16)5-3-2-4-6-12/h3,5,7,16H,2,4,6,8H2,1H3,(H,13,15). The van der Waals surface area contributed by atoms with Crippen LogP contribution in [0.15, 0.2) is 22.7 Å². The third kappa shape index (κ3) is 2.94. The number of nitrogens with one attached hydrogen (secondary N) is 1. The Hall–Kier alpha value is -1.62. The average Bonchev–Trinajstić information content (AvgIpc) is 2.74. The van der Waals surface area contributed by atoms with Crippen molar-refractivity contribution >= 4 is 5.91 Å². The van der Waals surface area contributed by atoms with Crippen molar-refractivity contribution in [3.63, 3.8) is 0 Å². The van der Waals surface area contributed by atoms with Crippen molar-refractivity contribution < 1.29 is 14.4 Å². The Kier molecular flexibility index (Phi) is 3.28. The Morgan fingerprint density at radius 1 is 1.71 bits per heavy atom. The molecular formula is C12H16N2O3. The van der Waals surface area contributed by atoms with Gasteiger partial charge in [-0.25, -0.2) is 0 Å². The minimum Gasteiger partial charge on any atom is -0.384 e. The molecule has 17 heavy (non-hydrogen) atoms. The molecule has 5 heteroatoms. The van der Waals surface area contributed by atoms with E-state index >= 15 is 0 Å². The van der Waals surface area contributed by atoms with Crippen LogP contribution in [0.5, 0.6) is 0 Å². The second kappa shape index (κ2) is 4.71. The first-order chi connectivity index (χ1) is 8.09. The van der Waals surface area contributed by atoms with E-state index in [-0.39, 0.29) is 18.1 Å². The summed E-state index contributed by atoms with van der Waals surface area (Å²) in [4.78, 5) is 11.7. The van der Waals surface area contributed by atoms with Crippen LogP contribution in [0, 0.1) is 6.92 Å². The van der Waals surface area contributed by atoms with E-state index in [9.17, 15) is 9.90 Å². The second-order valence-corrected chi connectivity index (χ2v) is 4.40. The Balaban J connectivity index is 1.92. The number of hydrogen-bond acceptors (Lipinski definition) is 4. The number of aliphatic hydroxyl groups is 1. The first-order valence-electron chi connectivity index (χ1n) is 5.71. The normalized spacial score (nSPS) is 23.6. The molecule has 0 saturated heterocycles. The molecule has 0 bridgehead atoms. The van der Waals surface area contributed by atoms with Gasteiger partial charge in [-0.05, 0) is 26.2 Å². The van der Waals surface area contributed by atoms with Crippen molar-refractivity contribution in [2.45, 2.75) is 31.8 Å². The van der Waals surface area contributed by atoms with E-state index in [1.165, 1.54) is 0 Å². The number of allylic oxidation sites excluding steroid dienone is 1. The summed E-state index contributed by atoms with van der Waals surface area (Å²) in [5.41, 5.74) is -0.682. The van der Waals surface area contributed by atoms with Gasteiger partial charge in [-0.15, -0.1) is 0 Å². The Morgan fingerprint density at radius 3 is 3.12 bits per heavy atom. The Bertz CT molecular complexity index is 439. The maximum Gasteiger partial charge on any atom is 0.273 e. The molecule has 0 saturated carbocycles. The quantitative estimate of drug-likeness (QED) is 0.773. The van der Waals surface area contributed by atoms with E-state index in [1.807, 2.05) is 6.08 Å². The molecule has 1 aliphatic carbocycles. The highest BCUT2D eigenvalue weighted by atomic mass is 16.5. The molecule has 92 valence electrons. The van der Waals surface area contributed by atoms with Crippen molar-refractivity contribution in [3.05, 3.63) is 29.7 Å². The van der Waals surface area contributed by atoms with Crippen molar-refractivity contribution in [1.82, 2.24) is 10.5 Å². The molecule has 0 radical (unpaired) electrons. The molecule has 5 nitrogen and oxygen atoms in total. The van der Waals surface area contributed by atoms with Gasteiger partial charge >= 0.3 is 0 Å². The van der Waals surface area contributed by atoms with Crippen molar-refractivity contribution in [1.29, 1.82) is 0 Å². The molecule has 1 aromatic heterocycles. The summed E-state index contributed by atoms with van der Waals surface area (Å²) in [6.45, 7) is 1.93. The van der Waals surface area contributed by atoms with Gasteiger partial charge in [-0.3, -0.25) is 4.79 Å². The number of hydrogen-bond donors (Lipinski definition) is 2. The third-order valence-corrected chi connectivity index (χ3v) is 2.82. The summed E-state index contributed by atoms with van der Waals surface area (Å²) in [6, 6.07) is 1.57. The Morgan fingerprint density at radius 2 is 2.53 bits per heavy atom. The fourth-order valence-electron chi connectivity index (χ4n) is 1.86. The van der Waals surface area contributed by atoms with Gasteiger partial charge in [0.1, 0.15) is 5.76 Å². The SMILES string of the molecule is Cc1cc(C(=O)NCC2(O)C=CCCC2)no1. The highest BCUT2D eigenvalue weighted by molar-refractivity contribution is 5.92. The number of amides is 1. The molecule has 0 spiro atoms. The average molecular weight is 236 g/mol. The lowest BCUT2D eigenvalue weighted by Crippen LogP contribution is -2.42. The zero-order chi connectivity index (χ0) is 12.3. The Labute approximate surface area is 99.5 Å². The van der Waals surface area contributed by atoms with Gasteiger partial charge in [0, 0.05) is 6.07 Å². The molecule has 0 fully saturated rings. The van der Waals surface area contributed by atoms with Crippen LogP contribution in [0.4, 0.5) is 0 Å². The fraction of sp³-hybridized carbons (Fsp3) is 0.500. The van der Waals surface area contributed by atoms with Gasteiger partial charge in [0.25, 0.3) is 5.91 Å². The van der Waals surface area contributed by atoms with Gasteiger partial charge in [-0.1, -0.05) is 17.3 Å². The van der Waals surface area contributed by atoms with Gasteiger partial charge in [-0.2, -0.15) is 0 Å².